The van der Waals surface area contributed by atoms with E-state index in [-0.39, 0.29) is 5.97 Å². The Hall–Kier alpha value is -2.59. The van der Waals surface area contributed by atoms with Crippen molar-refractivity contribution in [3.8, 4) is 16.9 Å². The molecule has 0 aliphatic carbocycles. The molecule has 3 rings (SSSR count). The number of nitrogens with zero attached hydrogens (tertiary/aromatic N) is 1. The van der Waals surface area contributed by atoms with Crippen LogP contribution in [0.4, 0.5) is 0 Å². The third-order valence-corrected chi connectivity index (χ3v) is 4.15. The third-order valence-electron chi connectivity index (χ3n) is 3.88. The quantitative estimate of drug-likeness (QED) is 0.365. The lowest BCUT2D eigenvalue weighted by atomic mass is 10.0. The number of rotatable bonds is 6. The number of hydrogen-bond acceptors (Lipinski definition) is 4. The van der Waals surface area contributed by atoms with Crippen molar-refractivity contribution in [2.75, 3.05) is 19.6 Å². The second kappa shape index (κ2) is 7.99. The van der Waals surface area contributed by atoms with Crippen LogP contribution < -0.4 is 4.74 Å². The number of benzene rings is 2. The highest BCUT2D eigenvalue weighted by Gasteiger charge is 2.11. The van der Waals surface area contributed by atoms with E-state index >= 15 is 0 Å². The highest BCUT2D eigenvalue weighted by molar-refractivity contribution is 6.17. The van der Waals surface area contributed by atoms with Crippen LogP contribution in [0.25, 0.3) is 22.0 Å². The Morgan fingerprint density at radius 2 is 1.84 bits per heavy atom. The van der Waals surface area contributed by atoms with E-state index < -0.39 is 0 Å². The Morgan fingerprint density at radius 3 is 2.56 bits per heavy atom. The summed E-state index contributed by atoms with van der Waals surface area (Å²) in [6.45, 7) is 0.604. The molecule has 5 heteroatoms. The minimum absolute atomic E-state index is 0.368. The van der Waals surface area contributed by atoms with Crippen LogP contribution >= 0.6 is 11.6 Å². The summed E-state index contributed by atoms with van der Waals surface area (Å²) < 4.78 is 10.5. The smallest absolute Gasteiger partial charge is 0.338 e. The van der Waals surface area contributed by atoms with Crippen LogP contribution in [0.5, 0.6) is 5.75 Å². The Labute approximate surface area is 151 Å². The van der Waals surface area contributed by atoms with Crippen LogP contribution in [0.3, 0.4) is 0 Å². The molecule has 0 unspecified atom stereocenters. The van der Waals surface area contributed by atoms with Gasteiger partial charge in [0.15, 0.2) is 0 Å². The largest absolute Gasteiger partial charge is 0.494 e. The van der Waals surface area contributed by atoms with E-state index in [2.05, 4.69) is 4.98 Å². The lowest BCUT2D eigenvalue weighted by Crippen LogP contribution is -2.02. The summed E-state index contributed by atoms with van der Waals surface area (Å²) in [5.74, 6) is 1.03. The van der Waals surface area contributed by atoms with Gasteiger partial charge in [0, 0.05) is 17.5 Å². The van der Waals surface area contributed by atoms with Crippen molar-refractivity contribution in [3.63, 3.8) is 0 Å². The summed E-state index contributed by atoms with van der Waals surface area (Å²) >= 11 is 5.65. The molecule has 0 bridgehead atoms. The molecule has 0 atom stereocenters. The maximum atomic E-state index is 12.0. The van der Waals surface area contributed by atoms with E-state index in [1.54, 1.807) is 12.3 Å². The molecule has 0 N–H and O–H groups in total. The zero-order valence-electron chi connectivity index (χ0n) is 13.9. The minimum atomic E-state index is -0.368. The highest BCUT2D eigenvalue weighted by atomic mass is 35.5. The standard InChI is InChI=1S/C20H18ClNO3/c1-24-20(23)17-9-11-22-19-8-5-15(13-18(17)19)14-3-6-16(7-4-14)25-12-2-10-21/h3-9,11,13H,2,10,12H2,1H3. The van der Waals surface area contributed by atoms with Gasteiger partial charge < -0.3 is 9.47 Å². The number of carbonyl (C=O) groups is 1. The number of fused-ring (bicyclic) bond motifs is 1. The summed E-state index contributed by atoms with van der Waals surface area (Å²) in [7, 11) is 1.38. The predicted octanol–water partition coefficient (Wildman–Crippen LogP) is 4.70. The van der Waals surface area contributed by atoms with Gasteiger partial charge in [-0.15, -0.1) is 11.6 Å². The average Bonchev–Trinajstić information content (AvgIpc) is 2.67. The lowest BCUT2D eigenvalue weighted by molar-refractivity contribution is 0.0603. The van der Waals surface area contributed by atoms with Crippen molar-refractivity contribution < 1.29 is 14.3 Å². The van der Waals surface area contributed by atoms with Crippen LogP contribution in [0.2, 0.25) is 0 Å². The molecule has 0 aliphatic heterocycles. The molecule has 0 aliphatic rings. The maximum Gasteiger partial charge on any atom is 0.338 e. The Balaban J connectivity index is 1.92. The van der Waals surface area contributed by atoms with Gasteiger partial charge in [-0.3, -0.25) is 4.98 Å². The number of aromatic nitrogens is 1. The molecule has 0 radical (unpaired) electrons. The number of halogens is 1. The topological polar surface area (TPSA) is 48.4 Å². The second-order valence-electron chi connectivity index (χ2n) is 5.50. The number of ether oxygens (including phenoxy) is 2. The number of esters is 1. The number of hydrogen-bond donors (Lipinski definition) is 0. The van der Waals surface area contributed by atoms with Gasteiger partial charge >= 0.3 is 5.97 Å². The van der Waals surface area contributed by atoms with E-state index in [0.29, 0.717) is 18.1 Å². The first-order chi connectivity index (χ1) is 12.2. The number of pyridine rings is 1. The molecule has 1 aromatic heterocycles. The van der Waals surface area contributed by atoms with Gasteiger partial charge in [-0.2, -0.15) is 0 Å². The SMILES string of the molecule is COC(=O)c1ccnc2ccc(-c3ccc(OCCCCl)cc3)cc12. The van der Waals surface area contributed by atoms with E-state index in [1.807, 2.05) is 42.5 Å². The van der Waals surface area contributed by atoms with Crippen LogP contribution in [0.15, 0.2) is 54.7 Å². The van der Waals surface area contributed by atoms with Gasteiger partial charge in [0.1, 0.15) is 5.75 Å². The van der Waals surface area contributed by atoms with Crippen molar-refractivity contribution in [1.82, 2.24) is 4.98 Å². The van der Waals surface area contributed by atoms with E-state index in [1.165, 1.54) is 7.11 Å². The van der Waals surface area contributed by atoms with Gasteiger partial charge in [0.25, 0.3) is 0 Å². The summed E-state index contributed by atoms with van der Waals surface area (Å²) in [4.78, 5) is 16.3. The van der Waals surface area contributed by atoms with Crippen molar-refractivity contribution in [1.29, 1.82) is 0 Å². The molecule has 1 heterocycles. The molecule has 0 fully saturated rings. The lowest BCUT2D eigenvalue weighted by Gasteiger charge is -2.09. The van der Waals surface area contributed by atoms with Crippen molar-refractivity contribution >= 4 is 28.5 Å². The second-order valence-corrected chi connectivity index (χ2v) is 5.88. The van der Waals surface area contributed by atoms with Gasteiger partial charge in [0.2, 0.25) is 0 Å². The van der Waals surface area contributed by atoms with Gasteiger partial charge in [-0.05, 0) is 47.9 Å². The van der Waals surface area contributed by atoms with Crippen LogP contribution in [0.1, 0.15) is 16.8 Å². The number of methoxy groups -OCH3 is 1. The number of carbonyl (C=O) groups excluding carboxylic acids is 1. The molecule has 2 aromatic carbocycles. The predicted molar refractivity (Wildman–Crippen MR) is 99.4 cm³/mol. The van der Waals surface area contributed by atoms with Crippen LogP contribution in [0, 0.1) is 0 Å². The molecule has 0 saturated heterocycles. The molecule has 0 spiro atoms. The zero-order chi connectivity index (χ0) is 17.6. The first kappa shape index (κ1) is 17.2. The van der Waals surface area contributed by atoms with E-state index in [0.717, 1.165) is 34.2 Å². The normalized spacial score (nSPS) is 10.6. The fourth-order valence-corrected chi connectivity index (χ4v) is 2.71. The number of alkyl halides is 1. The molecular formula is C20H18ClNO3. The van der Waals surface area contributed by atoms with E-state index in [9.17, 15) is 4.79 Å². The average molecular weight is 356 g/mol. The Bertz CT molecular complexity index is 878. The van der Waals surface area contributed by atoms with Gasteiger partial charge in [-0.25, -0.2) is 4.79 Å². The summed E-state index contributed by atoms with van der Waals surface area (Å²) in [5, 5.41) is 0.772. The third kappa shape index (κ3) is 3.91. The van der Waals surface area contributed by atoms with Crippen molar-refractivity contribution in [2.24, 2.45) is 0 Å². The fourth-order valence-electron chi connectivity index (χ4n) is 2.60. The van der Waals surface area contributed by atoms with Gasteiger partial charge in [-0.1, -0.05) is 18.2 Å². The Morgan fingerprint density at radius 1 is 1.08 bits per heavy atom. The molecule has 0 amide bonds. The first-order valence-electron chi connectivity index (χ1n) is 7.99. The monoisotopic (exact) mass is 355 g/mol. The Kier molecular flexibility index (Phi) is 5.51. The zero-order valence-corrected chi connectivity index (χ0v) is 14.6. The van der Waals surface area contributed by atoms with Crippen LogP contribution in [-0.4, -0.2) is 30.5 Å². The molecular weight excluding hydrogens is 338 g/mol. The fraction of sp³-hybridized carbons (Fsp3) is 0.200. The summed E-state index contributed by atoms with van der Waals surface area (Å²) in [6, 6.07) is 15.4. The molecule has 128 valence electrons. The molecule has 4 nitrogen and oxygen atoms in total. The first-order valence-corrected chi connectivity index (χ1v) is 8.52. The maximum absolute atomic E-state index is 12.0. The summed E-state index contributed by atoms with van der Waals surface area (Å²) in [6.07, 6.45) is 2.43. The summed E-state index contributed by atoms with van der Waals surface area (Å²) in [5.41, 5.74) is 3.30. The minimum Gasteiger partial charge on any atom is -0.494 e. The molecule has 3 aromatic rings. The molecule has 0 saturated carbocycles. The van der Waals surface area contributed by atoms with Crippen molar-refractivity contribution in [3.05, 3.63) is 60.3 Å². The van der Waals surface area contributed by atoms with Crippen LogP contribution in [-0.2, 0) is 4.74 Å². The highest BCUT2D eigenvalue weighted by Crippen LogP contribution is 2.27. The molecule has 25 heavy (non-hydrogen) atoms. The van der Waals surface area contributed by atoms with E-state index in [4.69, 9.17) is 21.1 Å². The van der Waals surface area contributed by atoms with Crippen molar-refractivity contribution in [2.45, 2.75) is 6.42 Å². The van der Waals surface area contributed by atoms with Gasteiger partial charge in [0.05, 0.1) is 24.8 Å².